The lowest BCUT2D eigenvalue weighted by molar-refractivity contribution is -0.114. The second kappa shape index (κ2) is 9.22. The normalized spacial score (nSPS) is 11.1. The molecule has 3 rings (SSSR count). The molecule has 0 aliphatic rings. The maximum absolute atomic E-state index is 13.2. The van der Waals surface area contributed by atoms with Crippen LogP contribution in [-0.2, 0) is 14.6 Å². The third-order valence-electron chi connectivity index (χ3n) is 4.93. The molecular weight excluding hydrogens is 412 g/mol. The SMILES string of the molecule is COc1c(NCC(=O)Nc2c(C)cccc2C)cc(C)cc1S(=O)(=O)c1ccccc1. The number of benzene rings is 3. The summed E-state index contributed by atoms with van der Waals surface area (Å²) in [6.07, 6.45) is 0. The van der Waals surface area contributed by atoms with Crippen molar-refractivity contribution in [3.63, 3.8) is 0 Å². The molecular formula is C24H26N2O4S. The van der Waals surface area contributed by atoms with E-state index in [2.05, 4.69) is 10.6 Å². The first-order chi connectivity index (χ1) is 14.7. The van der Waals surface area contributed by atoms with Gasteiger partial charge >= 0.3 is 0 Å². The Morgan fingerprint density at radius 1 is 0.935 bits per heavy atom. The molecule has 3 aromatic carbocycles. The molecule has 1 amide bonds. The summed E-state index contributed by atoms with van der Waals surface area (Å²) >= 11 is 0. The number of carbonyl (C=O) groups excluding carboxylic acids is 1. The molecule has 3 aromatic rings. The molecule has 31 heavy (non-hydrogen) atoms. The molecule has 0 heterocycles. The molecule has 0 aromatic heterocycles. The maximum atomic E-state index is 13.2. The summed E-state index contributed by atoms with van der Waals surface area (Å²) in [4.78, 5) is 12.8. The number of ether oxygens (including phenoxy) is 1. The Bertz CT molecular complexity index is 1190. The van der Waals surface area contributed by atoms with Gasteiger partial charge in [0.25, 0.3) is 0 Å². The average Bonchev–Trinajstić information content (AvgIpc) is 2.75. The Morgan fingerprint density at radius 2 is 1.58 bits per heavy atom. The van der Waals surface area contributed by atoms with Gasteiger partial charge in [-0.05, 0) is 61.7 Å². The number of anilines is 2. The van der Waals surface area contributed by atoms with Gasteiger partial charge in [0.1, 0.15) is 4.90 Å². The Hall–Kier alpha value is -3.32. The topological polar surface area (TPSA) is 84.5 Å². The van der Waals surface area contributed by atoms with Crippen molar-refractivity contribution in [3.8, 4) is 5.75 Å². The smallest absolute Gasteiger partial charge is 0.243 e. The van der Waals surface area contributed by atoms with E-state index >= 15 is 0 Å². The highest BCUT2D eigenvalue weighted by Crippen LogP contribution is 2.36. The highest BCUT2D eigenvalue weighted by atomic mass is 32.2. The van der Waals surface area contributed by atoms with Crippen LogP contribution in [0.25, 0.3) is 0 Å². The van der Waals surface area contributed by atoms with Crippen molar-refractivity contribution in [2.75, 3.05) is 24.3 Å². The standard InChI is InChI=1S/C24H26N2O4S/c1-16-13-20(25-15-22(27)26-23-17(2)9-8-10-18(23)3)24(30-4)21(14-16)31(28,29)19-11-6-5-7-12-19/h5-14,25H,15H2,1-4H3,(H,26,27). The number of para-hydroxylation sites is 1. The van der Waals surface area contributed by atoms with E-state index in [1.165, 1.54) is 7.11 Å². The Kier molecular flexibility index (Phi) is 6.65. The number of rotatable bonds is 7. The van der Waals surface area contributed by atoms with Gasteiger partial charge in [-0.25, -0.2) is 8.42 Å². The molecule has 0 fully saturated rings. The lowest BCUT2D eigenvalue weighted by Gasteiger charge is -2.17. The van der Waals surface area contributed by atoms with E-state index in [1.54, 1.807) is 49.4 Å². The van der Waals surface area contributed by atoms with Crippen LogP contribution in [0.15, 0.2) is 70.5 Å². The highest BCUT2D eigenvalue weighted by molar-refractivity contribution is 7.91. The van der Waals surface area contributed by atoms with Gasteiger partial charge in [0.05, 0.1) is 24.2 Å². The van der Waals surface area contributed by atoms with Crippen LogP contribution in [0.4, 0.5) is 11.4 Å². The molecule has 6 nitrogen and oxygen atoms in total. The molecule has 0 radical (unpaired) electrons. The van der Waals surface area contributed by atoms with Gasteiger partial charge in [0, 0.05) is 5.69 Å². The first kappa shape index (κ1) is 22.4. The van der Waals surface area contributed by atoms with Crippen LogP contribution in [0.3, 0.4) is 0 Å². The monoisotopic (exact) mass is 438 g/mol. The predicted octanol–water partition coefficient (Wildman–Crippen LogP) is 4.50. The molecule has 0 saturated heterocycles. The number of carbonyl (C=O) groups is 1. The molecule has 0 bridgehead atoms. The number of aryl methyl sites for hydroxylation is 3. The van der Waals surface area contributed by atoms with E-state index in [0.29, 0.717) is 5.69 Å². The van der Waals surface area contributed by atoms with Crippen molar-refractivity contribution in [2.24, 2.45) is 0 Å². The van der Waals surface area contributed by atoms with Crippen LogP contribution < -0.4 is 15.4 Å². The minimum atomic E-state index is -3.79. The molecule has 0 aliphatic carbocycles. The Labute approximate surface area is 183 Å². The Morgan fingerprint density at radius 3 is 2.19 bits per heavy atom. The summed E-state index contributed by atoms with van der Waals surface area (Å²) in [5, 5.41) is 5.94. The van der Waals surface area contributed by atoms with E-state index in [0.717, 1.165) is 22.4 Å². The number of hydrogen-bond donors (Lipinski definition) is 2. The van der Waals surface area contributed by atoms with Gasteiger partial charge in [-0.15, -0.1) is 0 Å². The van der Waals surface area contributed by atoms with Crippen LogP contribution in [0.2, 0.25) is 0 Å². The average molecular weight is 439 g/mol. The fourth-order valence-electron chi connectivity index (χ4n) is 3.38. The maximum Gasteiger partial charge on any atom is 0.243 e. The summed E-state index contributed by atoms with van der Waals surface area (Å²) in [7, 11) is -2.38. The fraction of sp³-hybridized carbons (Fsp3) is 0.208. The van der Waals surface area contributed by atoms with Crippen molar-refractivity contribution < 1.29 is 17.9 Å². The number of hydrogen-bond acceptors (Lipinski definition) is 5. The van der Waals surface area contributed by atoms with Gasteiger partial charge in [-0.1, -0.05) is 36.4 Å². The quantitative estimate of drug-likeness (QED) is 0.567. The minimum Gasteiger partial charge on any atom is -0.493 e. The van der Waals surface area contributed by atoms with Crippen LogP contribution in [0, 0.1) is 20.8 Å². The van der Waals surface area contributed by atoms with E-state index in [9.17, 15) is 13.2 Å². The molecule has 7 heteroatoms. The van der Waals surface area contributed by atoms with Crippen LogP contribution >= 0.6 is 0 Å². The predicted molar refractivity (Wildman–Crippen MR) is 123 cm³/mol. The summed E-state index contributed by atoms with van der Waals surface area (Å²) < 4.78 is 31.8. The number of methoxy groups -OCH3 is 1. The highest BCUT2D eigenvalue weighted by Gasteiger charge is 2.25. The minimum absolute atomic E-state index is 0.0432. The van der Waals surface area contributed by atoms with Gasteiger partial charge in [0.15, 0.2) is 5.75 Å². The number of sulfone groups is 1. The third-order valence-corrected chi connectivity index (χ3v) is 6.71. The van der Waals surface area contributed by atoms with Gasteiger partial charge in [0.2, 0.25) is 15.7 Å². The van der Waals surface area contributed by atoms with Crippen LogP contribution in [0.1, 0.15) is 16.7 Å². The summed E-state index contributed by atoms with van der Waals surface area (Å²) in [6.45, 7) is 5.62. The zero-order valence-corrected chi connectivity index (χ0v) is 18.8. The van der Waals surface area contributed by atoms with Gasteiger partial charge in [-0.2, -0.15) is 0 Å². The third kappa shape index (κ3) is 4.88. The molecule has 0 saturated carbocycles. The molecule has 0 unspecified atom stereocenters. The summed E-state index contributed by atoms with van der Waals surface area (Å²) in [6, 6.07) is 17.3. The zero-order chi connectivity index (χ0) is 22.6. The van der Waals surface area contributed by atoms with E-state index in [4.69, 9.17) is 4.74 Å². The molecule has 0 spiro atoms. The first-order valence-electron chi connectivity index (χ1n) is 9.82. The first-order valence-corrected chi connectivity index (χ1v) is 11.3. The lowest BCUT2D eigenvalue weighted by atomic mass is 10.1. The second-order valence-corrected chi connectivity index (χ2v) is 9.25. The summed E-state index contributed by atoms with van der Waals surface area (Å²) in [5.41, 5.74) is 3.88. The molecule has 0 atom stereocenters. The van der Waals surface area contributed by atoms with E-state index in [1.807, 2.05) is 32.0 Å². The largest absolute Gasteiger partial charge is 0.493 e. The molecule has 162 valence electrons. The van der Waals surface area contributed by atoms with Gasteiger partial charge < -0.3 is 15.4 Å². The fourth-order valence-corrected chi connectivity index (χ4v) is 4.93. The number of amides is 1. The van der Waals surface area contributed by atoms with Crippen molar-refractivity contribution in [1.29, 1.82) is 0 Å². The Balaban J connectivity index is 1.88. The van der Waals surface area contributed by atoms with Gasteiger partial charge in [-0.3, -0.25) is 4.79 Å². The van der Waals surface area contributed by atoms with Crippen LogP contribution in [0.5, 0.6) is 5.75 Å². The molecule has 0 aliphatic heterocycles. The number of nitrogens with one attached hydrogen (secondary N) is 2. The van der Waals surface area contributed by atoms with E-state index in [-0.39, 0.29) is 28.0 Å². The van der Waals surface area contributed by atoms with Crippen molar-refractivity contribution in [3.05, 3.63) is 77.4 Å². The van der Waals surface area contributed by atoms with Crippen molar-refractivity contribution >= 4 is 27.1 Å². The lowest BCUT2D eigenvalue weighted by Crippen LogP contribution is -2.23. The van der Waals surface area contributed by atoms with Crippen molar-refractivity contribution in [1.82, 2.24) is 0 Å². The second-order valence-electron chi connectivity index (χ2n) is 7.33. The van der Waals surface area contributed by atoms with E-state index < -0.39 is 9.84 Å². The zero-order valence-electron chi connectivity index (χ0n) is 18.0. The summed E-state index contributed by atoms with van der Waals surface area (Å²) in [5.74, 6) is -0.0669. The van der Waals surface area contributed by atoms with Crippen LogP contribution in [-0.4, -0.2) is 28.0 Å². The van der Waals surface area contributed by atoms with Crippen molar-refractivity contribution in [2.45, 2.75) is 30.6 Å². The molecule has 2 N–H and O–H groups in total.